The fourth-order valence-electron chi connectivity index (χ4n) is 2.51. The summed E-state index contributed by atoms with van der Waals surface area (Å²) in [6, 6.07) is 7.52. The number of fused-ring (bicyclic) bond motifs is 1. The highest BCUT2D eigenvalue weighted by molar-refractivity contribution is 5.69. The molecule has 0 saturated carbocycles. The van der Waals surface area contributed by atoms with Crippen molar-refractivity contribution in [3.8, 4) is 5.75 Å². The van der Waals surface area contributed by atoms with Crippen molar-refractivity contribution in [2.45, 2.75) is 19.6 Å². The summed E-state index contributed by atoms with van der Waals surface area (Å²) >= 11 is 0. The van der Waals surface area contributed by atoms with Crippen LogP contribution >= 0.6 is 0 Å². The number of aliphatic hydroxyl groups is 1. The van der Waals surface area contributed by atoms with Crippen LogP contribution in [0.5, 0.6) is 5.75 Å². The molecule has 24 heavy (non-hydrogen) atoms. The molecule has 0 unspecified atom stereocenters. The SMILES string of the molecule is Cc1ccccc1OC[C@H](O)Cn1cnc2c1c(=O)[nH]c(=O)n2C. The van der Waals surface area contributed by atoms with Crippen LogP contribution in [0.3, 0.4) is 0 Å². The summed E-state index contributed by atoms with van der Waals surface area (Å²) in [7, 11) is 1.52. The number of H-pyrrole nitrogens is 1. The van der Waals surface area contributed by atoms with Gasteiger partial charge in [0.15, 0.2) is 11.2 Å². The van der Waals surface area contributed by atoms with Crippen molar-refractivity contribution in [2.24, 2.45) is 7.05 Å². The van der Waals surface area contributed by atoms with E-state index in [1.807, 2.05) is 31.2 Å². The highest BCUT2D eigenvalue weighted by Gasteiger charge is 2.14. The number of benzene rings is 1. The average molecular weight is 330 g/mol. The van der Waals surface area contributed by atoms with E-state index in [2.05, 4.69) is 9.97 Å². The third-order valence-corrected chi connectivity index (χ3v) is 3.81. The Bertz CT molecular complexity index is 986. The summed E-state index contributed by atoms with van der Waals surface area (Å²) in [5, 5.41) is 10.2. The van der Waals surface area contributed by atoms with Gasteiger partial charge in [0.1, 0.15) is 18.5 Å². The number of nitrogens with one attached hydrogen (secondary N) is 1. The van der Waals surface area contributed by atoms with E-state index in [-0.39, 0.29) is 24.3 Å². The lowest BCUT2D eigenvalue weighted by Crippen LogP contribution is -2.30. The molecule has 3 rings (SSSR count). The van der Waals surface area contributed by atoms with E-state index in [4.69, 9.17) is 4.74 Å². The minimum absolute atomic E-state index is 0.0776. The maximum atomic E-state index is 12.0. The van der Waals surface area contributed by atoms with E-state index in [1.54, 1.807) is 0 Å². The Kier molecular flexibility index (Phi) is 4.22. The van der Waals surface area contributed by atoms with Crippen LogP contribution in [0.4, 0.5) is 0 Å². The average Bonchev–Trinajstić information content (AvgIpc) is 2.96. The molecule has 0 aliphatic carbocycles. The number of imidazole rings is 1. The molecule has 2 N–H and O–H groups in total. The van der Waals surface area contributed by atoms with Crippen LogP contribution in [-0.4, -0.2) is 36.9 Å². The number of aliphatic hydroxyl groups excluding tert-OH is 1. The smallest absolute Gasteiger partial charge is 0.329 e. The molecule has 0 spiro atoms. The summed E-state index contributed by atoms with van der Waals surface area (Å²) in [4.78, 5) is 29.9. The lowest BCUT2D eigenvalue weighted by Gasteiger charge is -2.14. The zero-order valence-corrected chi connectivity index (χ0v) is 13.4. The first kappa shape index (κ1) is 16.0. The number of hydrogen-bond donors (Lipinski definition) is 2. The van der Waals surface area contributed by atoms with Gasteiger partial charge in [0.2, 0.25) is 0 Å². The third-order valence-electron chi connectivity index (χ3n) is 3.81. The molecule has 2 aromatic heterocycles. The predicted molar refractivity (Wildman–Crippen MR) is 88.3 cm³/mol. The molecule has 0 fully saturated rings. The van der Waals surface area contributed by atoms with Crippen molar-refractivity contribution in [3.05, 3.63) is 57.0 Å². The molecule has 0 aliphatic heterocycles. The van der Waals surface area contributed by atoms with Gasteiger partial charge >= 0.3 is 5.69 Å². The number of aryl methyl sites for hydroxylation is 2. The summed E-state index contributed by atoms with van der Waals surface area (Å²) in [5.41, 5.74) is 0.436. The Labute approximate surface area is 137 Å². The largest absolute Gasteiger partial charge is 0.491 e. The number of hydrogen-bond acceptors (Lipinski definition) is 5. The standard InChI is InChI=1S/C16H18N4O4/c1-10-5-3-4-6-12(10)24-8-11(21)7-20-9-17-14-13(20)15(22)18-16(23)19(14)2/h3-6,9,11,21H,7-8H2,1-2H3,(H,18,22,23)/t11-/m1/s1. The quantitative estimate of drug-likeness (QED) is 0.694. The Hall–Kier alpha value is -2.87. The highest BCUT2D eigenvalue weighted by atomic mass is 16.5. The summed E-state index contributed by atoms with van der Waals surface area (Å²) in [6.07, 6.45) is 0.592. The monoisotopic (exact) mass is 330 g/mol. The summed E-state index contributed by atoms with van der Waals surface area (Å²) < 4.78 is 8.37. The van der Waals surface area contributed by atoms with E-state index in [9.17, 15) is 14.7 Å². The van der Waals surface area contributed by atoms with Gasteiger partial charge in [-0.3, -0.25) is 14.3 Å². The molecule has 1 aromatic carbocycles. The number of aromatic amines is 1. The van der Waals surface area contributed by atoms with Gasteiger partial charge < -0.3 is 14.4 Å². The number of para-hydroxylation sites is 1. The van der Waals surface area contributed by atoms with Gasteiger partial charge in [-0.2, -0.15) is 0 Å². The second kappa shape index (κ2) is 6.32. The Morgan fingerprint density at radius 2 is 2.08 bits per heavy atom. The Morgan fingerprint density at radius 3 is 2.83 bits per heavy atom. The first-order valence-electron chi connectivity index (χ1n) is 7.48. The molecular formula is C16H18N4O4. The normalized spacial score (nSPS) is 12.5. The second-order valence-corrected chi connectivity index (χ2v) is 5.62. The minimum Gasteiger partial charge on any atom is -0.491 e. The first-order valence-corrected chi connectivity index (χ1v) is 7.48. The third kappa shape index (κ3) is 2.95. The molecule has 2 heterocycles. The maximum Gasteiger partial charge on any atom is 0.329 e. The molecule has 1 atom stereocenters. The molecule has 0 aliphatic rings. The maximum absolute atomic E-state index is 12.0. The molecule has 3 aromatic rings. The van der Waals surface area contributed by atoms with Gasteiger partial charge in [0.05, 0.1) is 12.9 Å². The number of ether oxygens (including phenoxy) is 1. The predicted octanol–water partition coefficient (Wildman–Crippen LogP) is 0.172. The van der Waals surface area contributed by atoms with Crippen LogP contribution in [0.2, 0.25) is 0 Å². The van der Waals surface area contributed by atoms with Gasteiger partial charge in [-0.15, -0.1) is 0 Å². The lowest BCUT2D eigenvalue weighted by atomic mass is 10.2. The van der Waals surface area contributed by atoms with Crippen molar-refractivity contribution >= 4 is 11.2 Å². The summed E-state index contributed by atoms with van der Waals surface area (Å²) in [6.45, 7) is 2.13. The van der Waals surface area contributed by atoms with Gasteiger partial charge in [0.25, 0.3) is 5.56 Å². The fraction of sp³-hybridized carbons (Fsp3) is 0.312. The van der Waals surface area contributed by atoms with Crippen molar-refractivity contribution in [1.29, 1.82) is 0 Å². The first-order chi connectivity index (χ1) is 11.5. The molecule has 0 saturated heterocycles. The molecule has 0 amide bonds. The molecule has 0 radical (unpaired) electrons. The number of nitrogens with zero attached hydrogens (tertiary/aromatic N) is 3. The molecule has 8 nitrogen and oxygen atoms in total. The topological polar surface area (TPSA) is 102 Å². The zero-order valence-electron chi connectivity index (χ0n) is 13.4. The van der Waals surface area contributed by atoms with Gasteiger partial charge in [-0.1, -0.05) is 18.2 Å². The lowest BCUT2D eigenvalue weighted by molar-refractivity contribution is 0.0930. The van der Waals surface area contributed by atoms with Gasteiger partial charge in [-0.25, -0.2) is 9.78 Å². The van der Waals surface area contributed by atoms with E-state index < -0.39 is 17.4 Å². The van der Waals surface area contributed by atoms with Gasteiger partial charge in [0, 0.05) is 7.05 Å². The van der Waals surface area contributed by atoms with Crippen LogP contribution < -0.4 is 16.0 Å². The Morgan fingerprint density at radius 1 is 1.33 bits per heavy atom. The van der Waals surface area contributed by atoms with Crippen LogP contribution in [0, 0.1) is 6.92 Å². The summed E-state index contributed by atoms with van der Waals surface area (Å²) in [5.74, 6) is 0.701. The van der Waals surface area contributed by atoms with Crippen LogP contribution in [0.1, 0.15) is 5.56 Å². The molecule has 0 bridgehead atoms. The van der Waals surface area contributed by atoms with E-state index in [0.717, 1.165) is 5.56 Å². The molecule has 126 valence electrons. The molecular weight excluding hydrogens is 312 g/mol. The Balaban J connectivity index is 1.78. The highest BCUT2D eigenvalue weighted by Crippen LogP contribution is 2.16. The van der Waals surface area contributed by atoms with Crippen LogP contribution in [0.15, 0.2) is 40.2 Å². The van der Waals surface area contributed by atoms with Crippen LogP contribution in [-0.2, 0) is 13.6 Å². The van der Waals surface area contributed by atoms with Crippen molar-refractivity contribution in [2.75, 3.05) is 6.61 Å². The van der Waals surface area contributed by atoms with Crippen molar-refractivity contribution in [1.82, 2.24) is 19.1 Å². The fourth-order valence-corrected chi connectivity index (χ4v) is 2.51. The molecule has 8 heteroatoms. The number of aromatic nitrogens is 4. The van der Waals surface area contributed by atoms with Gasteiger partial charge in [-0.05, 0) is 18.6 Å². The van der Waals surface area contributed by atoms with E-state index in [0.29, 0.717) is 5.75 Å². The number of rotatable bonds is 5. The van der Waals surface area contributed by atoms with E-state index >= 15 is 0 Å². The van der Waals surface area contributed by atoms with E-state index in [1.165, 1.54) is 22.5 Å². The minimum atomic E-state index is -0.835. The zero-order chi connectivity index (χ0) is 17.3. The van der Waals surface area contributed by atoms with Crippen LogP contribution in [0.25, 0.3) is 11.2 Å². The van der Waals surface area contributed by atoms with Crippen molar-refractivity contribution in [3.63, 3.8) is 0 Å². The second-order valence-electron chi connectivity index (χ2n) is 5.62. The van der Waals surface area contributed by atoms with Crippen molar-refractivity contribution < 1.29 is 9.84 Å².